The van der Waals surface area contributed by atoms with Crippen LogP contribution in [0.1, 0.15) is 23.7 Å². The van der Waals surface area contributed by atoms with E-state index >= 15 is 0 Å². The SMILES string of the molecule is Cn1cc(-n2ncc3ccc(NC4CCc5cc(Br)cnc54)cc32)cn1. The molecule has 130 valence electrons. The van der Waals surface area contributed by atoms with Crippen LogP contribution < -0.4 is 5.32 Å². The van der Waals surface area contributed by atoms with Crippen molar-refractivity contribution in [3.05, 3.63) is 64.8 Å². The minimum atomic E-state index is 0.241. The van der Waals surface area contributed by atoms with E-state index in [0.29, 0.717) is 0 Å². The Labute approximate surface area is 159 Å². The monoisotopic (exact) mass is 408 g/mol. The van der Waals surface area contributed by atoms with E-state index in [-0.39, 0.29) is 6.04 Å². The van der Waals surface area contributed by atoms with Crippen LogP contribution in [0.5, 0.6) is 0 Å². The molecular weight excluding hydrogens is 392 g/mol. The summed E-state index contributed by atoms with van der Waals surface area (Å²) in [6.45, 7) is 0. The van der Waals surface area contributed by atoms with Gasteiger partial charge in [0.2, 0.25) is 0 Å². The molecule has 0 saturated heterocycles. The molecule has 0 amide bonds. The van der Waals surface area contributed by atoms with E-state index in [1.54, 1.807) is 4.68 Å². The van der Waals surface area contributed by atoms with Crippen molar-refractivity contribution in [2.75, 3.05) is 5.32 Å². The summed E-state index contributed by atoms with van der Waals surface area (Å²) in [4.78, 5) is 4.62. The molecule has 0 aliphatic heterocycles. The van der Waals surface area contributed by atoms with Crippen LogP contribution in [-0.2, 0) is 13.5 Å². The van der Waals surface area contributed by atoms with Gasteiger partial charge in [0.1, 0.15) is 5.69 Å². The van der Waals surface area contributed by atoms with Crippen molar-refractivity contribution in [3.8, 4) is 5.69 Å². The minimum Gasteiger partial charge on any atom is -0.377 e. The molecule has 1 unspecified atom stereocenters. The maximum Gasteiger partial charge on any atom is 0.103 e. The van der Waals surface area contributed by atoms with Gasteiger partial charge in [-0.25, -0.2) is 4.68 Å². The molecule has 26 heavy (non-hydrogen) atoms. The highest BCUT2D eigenvalue weighted by Crippen LogP contribution is 2.34. The summed E-state index contributed by atoms with van der Waals surface area (Å²) < 4.78 is 4.74. The Morgan fingerprint density at radius 2 is 2.08 bits per heavy atom. The van der Waals surface area contributed by atoms with Gasteiger partial charge in [-0.2, -0.15) is 10.2 Å². The van der Waals surface area contributed by atoms with E-state index in [4.69, 9.17) is 0 Å². The van der Waals surface area contributed by atoms with Crippen LogP contribution in [0, 0.1) is 0 Å². The molecule has 1 N–H and O–H groups in total. The molecule has 0 bridgehead atoms. The summed E-state index contributed by atoms with van der Waals surface area (Å²) in [5.74, 6) is 0. The number of fused-ring (bicyclic) bond motifs is 2. The molecule has 1 aliphatic rings. The second-order valence-electron chi connectivity index (χ2n) is 6.64. The van der Waals surface area contributed by atoms with Gasteiger partial charge in [0, 0.05) is 28.8 Å². The number of pyridine rings is 1. The third-order valence-corrected chi connectivity index (χ3v) is 5.28. The molecule has 3 heterocycles. The molecule has 1 atom stereocenters. The Morgan fingerprint density at radius 3 is 2.92 bits per heavy atom. The van der Waals surface area contributed by atoms with Gasteiger partial charge in [-0.05, 0) is 58.6 Å². The number of rotatable bonds is 3. The first-order valence-electron chi connectivity index (χ1n) is 8.55. The van der Waals surface area contributed by atoms with Crippen molar-refractivity contribution in [2.45, 2.75) is 18.9 Å². The summed E-state index contributed by atoms with van der Waals surface area (Å²) in [6.07, 6.45) is 9.65. The average Bonchev–Trinajstić information content (AvgIpc) is 3.33. The van der Waals surface area contributed by atoms with Crippen molar-refractivity contribution >= 4 is 32.5 Å². The Balaban J connectivity index is 1.49. The molecule has 1 aliphatic carbocycles. The summed E-state index contributed by atoms with van der Waals surface area (Å²) in [7, 11) is 1.91. The van der Waals surface area contributed by atoms with Crippen LogP contribution in [0.2, 0.25) is 0 Å². The fourth-order valence-corrected chi connectivity index (χ4v) is 3.99. The molecule has 0 spiro atoms. The zero-order chi connectivity index (χ0) is 17.7. The number of hydrogen-bond acceptors (Lipinski definition) is 4. The van der Waals surface area contributed by atoms with Crippen LogP contribution >= 0.6 is 15.9 Å². The van der Waals surface area contributed by atoms with Gasteiger partial charge in [0.15, 0.2) is 0 Å². The summed E-state index contributed by atoms with van der Waals surface area (Å²) in [5.41, 5.74) is 5.56. The molecule has 1 aromatic carbocycles. The van der Waals surface area contributed by atoms with Crippen molar-refractivity contribution < 1.29 is 0 Å². The third-order valence-electron chi connectivity index (χ3n) is 4.85. The van der Waals surface area contributed by atoms with E-state index in [2.05, 4.69) is 60.7 Å². The molecule has 3 aromatic heterocycles. The highest BCUT2D eigenvalue weighted by Gasteiger charge is 2.24. The fourth-order valence-electron chi connectivity index (χ4n) is 3.62. The largest absolute Gasteiger partial charge is 0.377 e. The highest BCUT2D eigenvalue weighted by molar-refractivity contribution is 9.10. The predicted octanol–water partition coefficient (Wildman–Crippen LogP) is 4.02. The molecule has 0 radical (unpaired) electrons. The molecular formula is C19H17BrN6. The van der Waals surface area contributed by atoms with Crippen molar-refractivity contribution in [1.82, 2.24) is 24.5 Å². The van der Waals surface area contributed by atoms with Gasteiger partial charge < -0.3 is 5.32 Å². The van der Waals surface area contributed by atoms with Crippen LogP contribution in [0.25, 0.3) is 16.6 Å². The van der Waals surface area contributed by atoms with E-state index in [0.717, 1.165) is 45.3 Å². The first-order valence-corrected chi connectivity index (χ1v) is 9.34. The first kappa shape index (κ1) is 15.6. The smallest absolute Gasteiger partial charge is 0.103 e. The number of hydrogen-bond donors (Lipinski definition) is 1. The van der Waals surface area contributed by atoms with Crippen molar-refractivity contribution in [1.29, 1.82) is 0 Å². The number of aryl methyl sites for hydroxylation is 2. The average molecular weight is 409 g/mol. The third kappa shape index (κ3) is 2.59. The van der Waals surface area contributed by atoms with Gasteiger partial charge in [-0.3, -0.25) is 9.67 Å². The lowest BCUT2D eigenvalue weighted by Gasteiger charge is -2.15. The second kappa shape index (κ2) is 5.95. The normalized spacial score (nSPS) is 16.2. The topological polar surface area (TPSA) is 60.6 Å². The first-order chi connectivity index (χ1) is 12.7. The van der Waals surface area contributed by atoms with Crippen molar-refractivity contribution in [3.63, 3.8) is 0 Å². The minimum absolute atomic E-state index is 0.241. The molecule has 6 nitrogen and oxygen atoms in total. The van der Waals surface area contributed by atoms with E-state index in [1.165, 1.54) is 5.56 Å². The fraction of sp³-hybridized carbons (Fsp3) is 0.211. The van der Waals surface area contributed by atoms with Crippen LogP contribution in [0.15, 0.2) is 53.5 Å². The molecule has 0 saturated carbocycles. The van der Waals surface area contributed by atoms with E-state index in [9.17, 15) is 0 Å². The number of nitrogens with zero attached hydrogens (tertiary/aromatic N) is 5. The standard InChI is InChI=1S/C19H17BrN6/c1-25-11-16(10-22-25)26-18-7-15(4-2-13(18)8-23-26)24-17-5-3-12-6-14(20)9-21-19(12)17/h2,4,6-11,17,24H,3,5H2,1H3. The Kier molecular flexibility index (Phi) is 3.56. The number of nitrogens with one attached hydrogen (secondary N) is 1. The maximum absolute atomic E-state index is 4.62. The number of benzene rings is 1. The summed E-state index contributed by atoms with van der Waals surface area (Å²) in [6, 6.07) is 8.76. The highest BCUT2D eigenvalue weighted by atomic mass is 79.9. The Hall–Kier alpha value is -2.67. The van der Waals surface area contributed by atoms with E-state index < -0.39 is 0 Å². The van der Waals surface area contributed by atoms with Gasteiger partial charge >= 0.3 is 0 Å². The Bertz CT molecular complexity index is 1110. The van der Waals surface area contributed by atoms with Gasteiger partial charge in [0.25, 0.3) is 0 Å². The number of aromatic nitrogens is 5. The Morgan fingerprint density at radius 1 is 1.15 bits per heavy atom. The lowest BCUT2D eigenvalue weighted by atomic mass is 10.2. The van der Waals surface area contributed by atoms with Gasteiger partial charge in [-0.15, -0.1) is 0 Å². The number of anilines is 1. The molecule has 7 heteroatoms. The predicted molar refractivity (Wildman–Crippen MR) is 104 cm³/mol. The lowest BCUT2D eigenvalue weighted by molar-refractivity contribution is 0.746. The maximum atomic E-state index is 4.62. The molecule has 4 aromatic rings. The zero-order valence-corrected chi connectivity index (χ0v) is 15.8. The quantitative estimate of drug-likeness (QED) is 0.556. The van der Waals surface area contributed by atoms with Gasteiger partial charge in [0.05, 0.1) is 35.8 Å². The summed E-state index contributed by atoms with van der Waals surface area (Å²) in [5, 5.41) is 13.5. The zero-order valence-electron chi connectivity index (χ0n) is 14.2. The van der Waals surface area contributed by atoms with Crippen LogP contribution in [0.3, 0.4) is 0 Å². The van der Waals surface area contributed by atoms with Crippen LogP contribution in [-0.4, -0.2) is 24.5 Å². The van der Waals surface area contributed by atoms with Crippen LogP contribution in [0.4, 0.5) is 5.69 Å². The lowest BCUT2D eigenvalue weighted by Crippen LogP contribution is -2.08. The van der Waals surface area contributed by atoms with E-state index in [1.807, 2.05) is 36.5 Å². The van der Waals surface area contributed by atoms with Gasteiger partial charge in [-0.1, -0.05) is 0 Å². The van der Waals surface area contributed by atoms with Crippen molar-refractivity contribution in [2.24, 2.45) is 7.05 Å². The second-order valence-corrected chi connectivity index (χ2v) is 7.55. The number of halogens is 1. The molecule has 5 rings (SSSR count). The summed E-state index contributed by atoms with van der Waals surface area (Å²) >= 11 is 3.51. The molecule has 0 fully saturated rings.